The van der Waals surface area contributed by atoms with Crippen LogP contribution in [0.5, 0.6) is 11.5 Å². The highest BCUT2D eigenvalue weighted by molar-refractivity contribution is 7.10. The van der Waals surface area contributed by atoms with Crippen LogP contribution in [-0.2, 0) is 17.8 Å². The maximum Gasteiger partial charge on any atom is 0.252 e. The molecule has 1 unspecified atom stereocenters. The minimum atomic E-state index is -0.534. The molecule has 0 radical (unpaired) electrons. The molecule has 7 heteroatoms. The van der Waals surface area contributed by atoms with Crippen molar-refractivity contribution < 1.29 is 19.1 Å². The summed E-state index contributed by atoms with van der Waals surface area (Å²) in [7, 11) is 1.58. The van der Waals surface area contributed by atoms with Crippen LogP contribution < -0.4 is 14.8 Å². The number of carbonyl (C=O) groups is 2. The number of nitrogens with one attached hydrogen (secondary N) is 1. The van der Waals surface area contributed by atoms with E-state index in [4.69, 9.17) is 9.47 Å². The van der Waals surface area contributed by atoms with Gasteiger partial charge >= 0.3 is 0 Å². The number of amides is 2. The molecule has 1 atom stereocenters. The number of rotatable bonds is 8. The number of fused-ring (bicyclic) bond motifs is 1. The molecule has 32 heavy (non-hydrogen) atoms. The molecular formula is C25H32N2O4S. The third-order valence-corrected chi connectivity index (χ3v) is 7.34. The smallest absolute Gasteiger partial charge is 0.252 e. The quantitative estimate of drug-likeness (QED) is 0.632. The Bertz CT molecular complexity index is 951. The van der Waals surface area contributed by atoms with Gasteiger partial charge in [0.1, 0.15) is 6.04 Å². The Balaban J connectivity index is 1.43. The molecule has 0 spiro atoms. The van der Waals surface area contributed by atoms with Gasteiger partial charge in [0.15, 0.2) is 11.5 Å². The number of methoxy groups -OCH3 is 1. The van der Waals surface area contributed by atoms with Crippen molar-refractivity contribution in [3.05, 3.63) is 45.6 Å². The van der Waals surface area contributed by atoms with E-state index in [0.29, 0.717) is 36.6 Å². The third-order valence-electron chi connectivity index (χ3n) is 6.32. The van der Waals surface area contributed by atoms with E-state index in [1.807, 2.05) is 11.8 Å². The van der Waals surface area contributed by atoms with Gasteiger partial charge < -0.3 is 19.7 Å². The van der Waals surface area contributed by atoms with Crippen molar-refractivity contribution in [2.75, 3.05) is 13.7 Å². The van der Waals surface area contributed by atoms with Crippen molar-refractivity contribution in [2.45, 2.75) is 70.6 Å². The van der Waals surface area contributed by atoms with Gasteiger partial charge in [-0.05, 0) is 73.7 Å². The zero-order chi connectivity index (χ0) is 22.5. The van der Waals surface area contributed by atoms with E-state index in [-0.39, 0.29) is 17.9 Å². The maximum atomic E-state index is 13.2. The molecular weight excluding hydrogens is 424 g/mol. The lowest BCUT2D eigenvalue weighted by Crippen LogP contribution is -2.49. The standard InChI is InChI=1S/C25H32N2O4S/c1-3-6-20(25(29)27-13-11-23-18(16-27)12-14-32-23)26-24(28)17-9-10-21(22(15-17)30-2)31-19-7-4-5-8-19/h9-10,12,14-15,19-20H,3-8,11,13,16H2,1-2H3,(H,26,28). The summed E-state index contributed by atoms with van der Waals surface area (Å²) in [4.78, 5) is 29.5. The highest BCUT2D eigenvalue weighted by Crippen LogP contribution is 2.32. The largest absolute Gasteiger partial charge is 0.493 e. The monoisotopic (exact) mass is 456 g/mol. The van der Waals surface area contributed by atoms with Crippen LogP contribution in [0, 0.1) is 0 Å². The molecule has 2 heterocycles. The van der Waals surface area contributed by atoms with Crippen molar-refractivity contribution >= 4 is 23.2 Å². The van der Waals surface area contributed by atoms with Gasteiger partial charge in [-0.2, -0.15) is 0 Å². The molecule has 1 aromatic heterocycles. The molecule has 1 saturated carbocycles. The van der Waals surface area contributed by atoms with Crippen LogP contribution in [0.4, 0.5) is 0 Å². The summed E-state index contributed by atoms with van der Waals surface area (Å²) >= 11 is 1.75. The zero-order valence-corrected chi connectivity index (χ0v) is 19.7. The first-order valence-electron chi connectivity index (χ1n) is 11.6. The number of hydrogen-bond donors (Lipinski definition) is 1. The van der Waals surface area contributed by atoms with E-state index in [9.17, 15) is 9.59 Å². The Morgan fingerprint density at radius 1 is 1.22 bits per heavy atom. The Morgan fingerprint density at radius 3 is 2.78 bits per heavy atom. The fourth-order valence-electron chi connectivity index (χ4n) is 4.54. The number of benzene rings is 1. The van der Waals surface area contributed by atoms with Gasteiger partial charge in [-0.3, -0.25) is 9.59 Å². The first kappa shape index (κ1) is 22.6. The van der Waals surface area contributed by atoms with Crippen LogP contribution in [0.3, 0.4) is 0 Å². The number of thiophene rings is 1. The van der Waals surface area contributed by atoms with Gasteiger partial charge in [-0.15, -0.1) is 11.3 Å². The van der Waals surface area contributed by atoms with Gasteiger partial charge in [0.05, 0.1) is 13.2 Å². The van der Waals surface area contributed by atoms with Crippen molar-refractivity contribution in [3.8, 4) is 11.5 Å². The van der Waals surface area contributed by atoms with E-state index < -0.39 is 6.04 Å². The van der Waals surface area contributed by atoms with Crippen LogP contribution in [0.1, 0.15) is 66.2 Å². The van der Waals surface area contributed by atoms with Gasteiger partial charge in [-0.1, -0.05) is 13.3 Å². The second kappa shape index (κ2) is 10.4. The molecule has 2 aliphatic rings. The summed E-state index contributed by atoms with van der Waals surface area (Å²) in [6.07, 6.45) is 6.99. The Hall–Kier alpha value is -2.54. The number of carbonyl (C=O) groups excluding carboxylic acids is 2. The average Bonchev–Trinajstić information content (AvgIpc) is 3.49. The minimum Gasteiger partial charge on any atom is -0.493 e. The summed E-state index contributed by atoms with van der Waals surface area (Å²) in [6, 6.07) is 6.80. The average molecular weight is 457 g/mol. The first-order chi connectivity index (χ1) is 15.6. The Morgan fingerprint density at radius 2 is 2.03 bits per heavy atom. The molecule has 1 fully saturated rings. The van der Waals surface area contributed by atoms with Gasteiger partial charge in [0, 0.05) is 23.5 Å². The van der Waals surface area contributed by atoms with Crippen molar-refractivity contribution in [3.63, 3.8) is 0 Å². The fraction of sp³-hybridized carbons (Fsp3) is 0.520. The summed E-state index contributed by atoms with van der Waals surface area (Å²) in [5, 5.41) is 5.05. The van der Waals surface area contributed by atoms with Gasteiger partial charge in [-0.25, -0.2) is 0 Å². The molecule has 2 aromatic rings. The molecule has 1 aliphatic carbocycles. The molecule has 0 saturated heterocycles. The fourth-order valence-corrected chi connectivity index (χ4v) is 5.43. The number of hydrogen-bond acceptors (Lipinski definition) is 5. The van der Waals surface area contributed by atoms with E-state index in [1.54, 1.807) is 36.6 Å². The molecule has 172 valence electrons. The highest BCUT2D eigenvalue weighted by Gasteiger charge is 2.29. The van der Waals surface area contributed by atoms with Crippen LogP contribution in [0.2, 0.25) is 0 Å². The van der Waals surface area contributed by atoms with E-state index in [1.165, 1.54) is 23.3 Å². The molecule has 4 rings (SSSR count). The molecule has 0 bridgehead atoms. The lowest BCUT2D eigenvalue weighted by Gasteiger charge is -2.31. The summed E-state index contributed by atoms with van der Waals surface area (Å²) in [5.74, 6) is 0.932. The molecule has 1 aromatic carbocycles. The summed E-state index contributed by atoms with van der Waals surface area (Å²) in [5.41, 5.74) is 1.69. The summed E-state index contributed by atoms with van der Waals surface area (Å²) < 4.78 is 11.6. The van der Waals surface area contributed by atoms with Crippen LogP contribution in [0.15, 0.2) is 29.6 Å². The zero-order valence-electron chi connectivity index (χ0n) is 18.9. The highest BCUT2D eigenvalue weighted by atomic mass is 32.1. The van der Waals surface area contributed by atoms with Crippen LogP contribution in [-0.4, -0.2) is 42.5 Å². The predicted octanol–water partition coefficient (Wildman–Crippen LogP) is 4.56. The van der Waals surface area contributed by atoms with Crippen LogP contribution >= 0.6 is 11.3 Å². The molecule has 2 amide bonds. The van der Waals surface area contributed by atoms with E-state index in [0.717, 1.165) is 25.7 Å². The normalized spacial score (nSPS) is 17.0. The maximum absolute atomic E-state index is 13.2. The first-order valence-corrected chi connectivity index (χ1v) is 12.5. The number of ether oxygens (including phenoxy) is 2. The van der Waals surface area contributed by atoms with Crippen molar-refractivity contribution in [1.82, 2.24) is 10.2 Å². The molecule has 6 nitrogen and oxygen atoms in total. The molecule has 1 aliphatic heterocycles. The van der Waals surface area contributed by atoms with Crippen molar-refractivity contribution in [1.29, 1.82) is 0 Å². The number of nitrogens with zero attached hydrogens (tertiary/aromatic N) is 1. The topological polar surface area (TPSA) is 67.9 Å². The SMILES string of the molecule is CCCC(NC(=O)c1ccc(OC2CCCC2)c(OC)c1)C(=O)N1CCc2sccc2C1. The summed E-state index contributed by atoms with van der Waals surface area (Å²) in [6.45, 7) is 3.34. The third kappa shape index (κ3) is 5.09. The van der Waals surface area contributed by atoms with Gasteiger partial charge in [0.25, 0.3) is 5.91 Å². The second-order valence-electron chi connectivity index (χ2n) is 8.58. The van der Waals surface area contributed by atoms with Crippen molar-refractivity contribution in [2.24, 2.45) is 0 Å². The minimum absolute atomic E-state index is 0.00907. The van der Waals surface area contributed by atoms with E-state index >= 15 is 0 Å². The lowest BCUT2D eigenvalue weighted by molar-refractivity contribution is -0.134. The Kier molecular flexibility index (Phi) is 7.35. The van der Waals surface area contributed by atoms with E-state index in [2.05, 4.69) is 16.8 Å². The predicted molar refractivity (Wildman–Crippen MR) is 125 cm³/mol. The van der Waals surface area contributed by atoms with Crippen LogP contribution in [0.25, 0.3) is 0 Å². The lowest BCUT2D eigenvalue weighted by atomic mass is 10.1. The molecule has 1 N–H and O–H groups in total. The Labute approximate surface area is 193 Å². The van der Waals surface area contributed by atoms with Gasteiger partial charge in [0.2, 0.25) is 5.91 Å². The second-order valence-corrected chi connectivity index (χ2v) is 9.58.